The van der Waals surface area contributed by atoms with E-state index >= 15 is 0 Å². The highest BCUT2D eigenvalue weighted by Crippen LogP contribution is 2.31. The Balaban J connectivity index is 2.76. The molecular weight excluding hydrogens is 209 g/mol. The summed E-state index contributed by atoms with van der Waals surface area (Å²) in [6.45, 7) is 4.40. The van der Waals surface area contributed by atoms with Gasteiger partial charge >= 0.3 is 6.18 Å². The van der Waals surface area contributed by atoms with Crippen molar-refractivity contribution < 1.29 is 18.3 Å². The highest BCUT2D eigenvalue weighted by atomic mass is 19.4. The van der Waals surface area contributed by atoms with Gasteiger partial charge in [-0.15, -0.1) is 0 Å². The maximum atomic E-state index is 12.1. The second-order valence-corrected chi connectivity index (χ2v) is 3.83. The Kier molecular flexibility index (Phi) is 3.38. The Bertz CT molecular complexity index is 319. The summed E-state index contributed by atoms with van der Waals surface area (Å²) in [6.07, 6.45) is -4.82. The van der Waals surface area contributed by atoms with Crippen molar-refractivity contribution in [3.63, 3.8) is 0 Å². The lowest BCUT2D eigenvalue weighted by Crippen LogP contribution is -2.19. The number of hydrogen-bond donors (Lipinski definition) is 1. The van der Waals surface area contributed by atoms with E-state index in [2.05, 4.69) is 5.10 Å². The number of aliphatic hydroxyl groups is 1. The summed E-state index contributed by atoms with van der Waals surface area (Å²) >= 11 is 0. The molecule has 0 fully saturated rings. The Labute approximate surface area is 85.5 Å². The number of alkyl halides is 3. The molecule has 1 heterocycles. The number of rotatable bonds is 3. The molecule has 86 valence electrons. The summed E-state index contributed by atoms with van der Waals surface area (Å²) in [7, 11) is 0. The van der Waals surface area contributed by atoms with Gasteiger partial charge in [-0.25, -0.2) is 0 Å². The fourth-order valence-electron chi connectivity index (χ4n) is 1.18. The highest BCUT2D eigenvalue weighted by molar-refractivity contribution is 5.09. The second-order valence-electron chi connectivity index (χ2n) is 3.83. The lowest BCUT2D eigenvalue weighted by Gasteiger charge is -2.12. The zero-order valence-electron chi connectivity index (χ0n) is 8.49. The van der Waals surface area contributed by atoms with Crippen LogP contribution in [-0.4, -0.2) is 21.1 Å². The predicted molar refractivity (Wildman–Crippen MR) is 48.1 cm³/mol. The summed E-state index contributed by atoms with van der Waals surface area (Å²) in [5.74, 6) is 0.292. The van der Waals surface area contributed by atoms with Crippen molar-refractivity contribution in [2.45, 2.75) is 32.7 Å². The normalized spacial score (nSPS) is 14.6. The van der Waals surface area contributed by atoms with Crippen LogP contribution in [0.1, 0.15) is 25.5 Å². The minimum atomic E-state index is -4.63. The number of aliphatic hydroxyl groups excluding tert-OH is 1. The largest absolute Gasteiger partial charge is 0.418 e. The van der Waals surface area contributed by atoms with E-state index in [1.165, 1.54) is 10.9 Å². The number of aromatic nitrogens is 2. The van der Waals surface area contributed by atoms with Crippen LogP contribution in [0.4, 0.5) is 13.2 Å². The summed E-state index contributed by atoms with van der Waals surface area (Å²) in [5, 5.41) is 12.7. The van der Waals surface area contributed by atoms with Gasteiger partial charge in [0.05, 0.1) is 6.20 Å². The average molecular weight is 222 g/mol. The van der Waals surface area contributed by atoms with Gasteiger partial charge < -0.3 is 5.11 Å². The predicted octanol–water partition coefficient (Wildman–Crippen LogP) is 2.13. The molecule has 6 heteroatoms. The van der Waals surface area contributed by atoms with Gasteiger partial charge in [-0.05, 0) is 5.92 Å². The van der Waals surface area contributed by atoms with Crippen LogP contribution < -0.4 is 0 Å². The molecule has 0 saturated heterocycles. The quantitative estimate of drug-likeness (QED) is 0.850. The van der Waals surface area contributed by atoms with Crippen LogP contribution in [0.5, 0.6) is 0 Å². The van der Waals surface area contributed by atoms with Crippen molar-refractivity contribution >= 4 is 0 Å². The summed E-state index contributed by atoms with van der Waals surface area (Å²) in [4.78, 5) is 0. The number of nitrogens with zero attached hydrogens (tertiary/aromatic N) is 2. The van der Waals surface area contributed by atoms with Gasteiger partial charge in [-0.1, -0.05) is 13.8 Å². The van der Waals surface area contributed by atoms with Gasteiger partial charge in [-0.2, -0.15) is 18.3 Å². The first-order valence-electron chi connectivity index (χ1n) is 4.58. The maximum absolute atomic E-state index is 12.1. The van der Waals surface area contributed by atoms with Gasteiger partial charge in [-0.3, -0.25) is 4.68 Å². The van der Waals surface area contributed by atoms with Gasteiger partial charge in [0.15, 0.2) is 6.10 Å². The average Bonchev–Trinajstić information content (AvgIpc) is 2.48. The molecule has 3 nitrogen and oxygen atoms in total. The first-order chi connectivity index (χ1) is 6.80. The van der Waals surface area contributed by atoms with E-state index in [9.17, 15) is 13.2 Å². The molecule has 1 rings (SSSR count). The lowest BCUT2D eigenvalue weighted by molar-refractivity contribution is -0.206. The maximum Gasteiger partial charge on any atom is 0.418 e. The van der Waals surface area contributed by atoms with E-state index in [-0.39, 0.29) is 5.56 Å². The summed E-state index contributed by atoms with van der Waals surface area (Å²) in [5.41, 5.74) is -0.219. The fraction of sp³-hybridized carbons (Fsp3) is 0.667. The van der Waals surface area contributed by atoms with E-state index in [1.807, 2.05) is 13.8 Å². The van der Waals surface area contributed by atoms with E-state index in [0.29, 0.717) is 12.5 Å². The van der Waals surface area contributed by atoms with Crippen molar-refractivity contribution in [3.05, 3.63) is 18.0 Å². The van der Waals surface area contributed by atoms with Gasteiger partial charge in [0, 0.05) is 18.3 Å². The van der Waals surface area contributed by atoms with Crippen LogP contribution in [0, 0.1) is 5.92 Å². The zero-order valence-corrected chi connectivity index (χ0v) is 8.49. The minimum absolute atomic E-state index is 0.219. The van der Waals surface area contributed by atoms with Gasteiger partial charge in [0.1, 0.15) is 0 Å². The first kappa shape index (κ1) is 12.0. The Morgan fingerprint density at radius 1 is 1.47 bits per heavy atom. The molecule has 0 bridgehead atoms. The second kappa shape index (κ2) is 4.22. The zero-order chi connectivity index (χ0) is 11.6. The minimum Gasteiger partial charge on any atom is -0.379 e. The van der Waals surface area contributed by atoms with E-state index < -0.39 is 12.3 Å². The van der Waals surface area contributed by atoms with Crippen molar-refractivity contribution in [2.75, 3.05) is 0 Å². The molecule has 1 atom stereocenters. The fourth-order valence-corrected chi connectivity index (χ4v) is 1.18. The Hall–Kier alpha value is -1.04. The molecular formula is C9H13F3N2O. The Morgan fingerprint density at radius 3 is 2.53 bits per heavy atom. The molecule has 0 aliphatic rings. The SMILES string of the molecule is CC(C)Cn1cc(C(O)C(F)(F)F)cn1. The third-order valence-corrected chi connectivity index (χ3v) is 1.83. The van der Waals surface area contributed by atoms with Gasteiger partial charge in [0.2, 0.25) is 0 Å². The van der Waals surface area contributed by atoms with E-state index in [4.69, 9.17) is 5.11 Å². The molecule has 15 heavy (non-hydrogen) atoms. The van der Waals surface area contributed by atoms with Crippen LogP contribution in [0.2, 0.25) is 0 Å². The molecule has 0 aliphatic heterocycles. The Morgan fingerprint density at radius 2 is 2.07 bits per heavy atom. The van der Waals surface area contributed by atoms with E-state index in [0.717, 1.165) is 6.20 Å². The van der Waals surface area contributed by atoms with E-state index in [1.54, 1.807) is 0 Å². The van der Waals surface area contributed by atoms with Gasteiger partial charge in [0.25, 0.3) is 0 Å². The molecule has 1 aromatic heterocycles. The molecule has 0 amide bonds. The van der Waals surface area contributed by atoms with Crippen LogP contribution in [0.25, 0.3) is 0 Å². The monoisotopic (exact) mass is 222 g/mol. The number of halogens is 3. The summed E-state index contributed by atoms with van der Waals surface area (Å²) < 4.78 is 37.8. The van der Waals surface area contributed by atoms with Crippen LogP contribution >= 0.6 is 0 Å². The molecule has 1 unspecified atom stereocenters. The van der Waals surface area contributed by atoms with Crippen LogP contribution in [0.15, 0.2) is 12.4 Å². The van der Waals surface area contributed by atoms with Crippen molar-refractivity contribution in [1.82, 2.24) is 9.78 Å². The van der Waals surface area contributed by atoms with Crippen LogP contribution in [-0.2, 0) is 6.54 Å². The standard InChI is InChI=1S/C9H13F3N2O/c1-6(2)4-14-5-7(3-13-14)8(15)9(10,11)12/h3,5-6,8,15H,4H2,1-2H3. The van der Waals surface area contributed by atoms with Crippen molar-refractivity contribution in [3.8, 4) is 0 Å². The first-order valence-corrected chi connectivity index (χ1v) is 4.58. The molecule has 0 aliphatic carbocycles. The molecule has 0 saturated carbocycles. The topological polar surface area (TPSA) is 38.0 Å². The molecule has 0 spiro atoms. The summed E-state index contributed by atoms with van der Waals surface area (Å²) in [6, 6.07) is 0. The highest BCUT2D eigenvalue weighted by Gasteiger charge is 2.40. The lowest BCUT2D eigenvalue weighted by atomic mass is 10.2. The molecule has 1 aromatic rings. The number of hydrogen-bond acceptors (Lipinski definition) is 2. The molecule has 0 radical (unpaired) electrons. The van der Waals surface area contributed by atoms with Crippen LogP contribution in [0.3, 0.4) is 0 Å². The molecule has 1 N–H and O–H groups in total. The molecule has 0 aromatic carbocycles. The third kappa shape index (κ3) is 3.23. The third-order valence-electron chi connectivity index (χ3n) is 1.83. The van der Waals surface area contributed by atoms with Crippen molar-refractivity contribution in [1.29, 1.82) is 0 Å². The van der Waals surface area contributed by atoms with Crippen molar-refractivity contribution in [2.24, 2.45) is 5.92 Å². The smallest absolute Gasteiger partial charge is 0.379 e.